The molecule has 0 aromatic heterocycles. The molecule has 0 aliphatic rings. The summed E-state index contributed by atoms with van der Waals surface area (Å²) < 4.78 is 10.7. The Morgan fingerprint density at radius 2 is 2.18 bits per heavy atom. The third-order valence-electron chi connectivity index (χ3n) is 2.61. The molecule has 3 nitrogen and oxygen atoms in total. The minimum Gasteiger partial charge on any atom is -0.489 e. The lowest BCUT2D eigenvalue weighted by atomic mass is 10.1. The van der Waals surface area contributed by atoms with E-state index in [-0.39, 0.29) is 12.1 Å². The molecule has 2 atom stereocenters. The van der Waals surface area contributed by atoms with Crippen LogP contribution in [0.1, 0.15) is 19.8 Å². The van der Waals surface area contributed by atoms with Crippen LogP contribution in [0.5, 0.6) is 5.75 Å². The van der Waals surface area contributed by atoms with E-state index in [1.54, 1.807) is 13.2 Å². The van der Waals surface area contributed by atoms with E-state index in [4.69, 9.17) is 26.8 Å². The number of hydrogen-bond acceptors (Lipinski definition) is 3. The van der Waals surface area contributed by atoms with Crippen LogP contribution < -0.4 is 10.5 Å². The Morgan fingerprint density at radius 1 is 1.41 bits per heavy atom. The van der Waals surface area contributed by atoms with E-state index < -0.39 is 0 Å². The standard InChI is InChI=1S/C13H20ClNO2/c1-10(13(15)7-4-8-16-2)17-12-6-3-5-11(14)9-12/h3,5-6,9-10,13H,4,7-8,15H2,1-2H3. The number of nitrogens with two attached hydrogens (primary N) is 1. The summed E-state index contributed by atoms with van der Waals surface area (Å²) in [5.41, 5.74) is 6.03. The smallest absolute Gasteiger partial charge is 0.121 e. The normalized spacial score (nSPS) is 14.4. The van der Waals surface area contributed by atoms with E-state index >= 15 is 0 Å². The molecule has 17 heavy (non-hydrogen) atoms. The zero-order chi connectivity index (χ0) is 12.7. The van der Waals surface area contributed by atoms with Crippen molar-refractivity contribution in [3.8, 4) is 5.75 Å². The second-order valence-electron chi connectivity index (χ2n) is 4.08. The highest BCUT2D eigenvalue weighted by atomic mass is 35.5. The summed E-state index contributed by atoms with van der Waals surface area (Å²) in [6.07, 6.45) is 1.79. The van der Waals surface area contributed by atoms with Gasteiger partial charge in [0.2, 0.25) is 0 Å². The zero-order valence-corrected chi connectivity index (χ0v) is 11.1. The molecule has 0 bridgehead atoms. The minimum atomic E-state index is -0.0367. The van der Waals surface area contributed by atoms with Gasteiger partial charge in [-0.25, -0.2) is 0 Å². The van der Waals surface area contributed by atoms with Crippen molar-refractivity contribution in [3.63, 3.8) is 0 Å². The van der Waals surface area contributed by atoms with E-state index in [0.29, 0.717) is 5.02 Å². The number of methoxy groups -OCH3 is 1. The van der Waals surface area contributed by atoms with Gasteiger partial charge in [-0.05, 0) is 38.0 Å². The summed E-state index contributed by atoms with van der Waals surface area (Å²) in [6.45, 7) is 2.70. The van der Waals surface area contributed by atoms with Gasteiger partial charge in [0.25, 0.3) is 0 Å². The van der Waals surface area contributed by atoms with Crippen LogP contribution in [0.4, 0.5) is 0 Å². The van der Waals surface area contributed by atoms with Gasteiger partial charge in [0.15, 0.2) is 0 Å². The summed E-state index contributed by atoms with van der Waals surface area (Å²) in [5, 5.41) is 0.669. The molecule has 1 aromatic carbocycles. The van der Waals surface area contributed by atoms with Gasteiger partial charge in [0.05, 0.1) is 0 Å². The maximum absolute atomic E-state index is 6.03. The van der Waals surface area contributed by atoms with E-state index in [9.17, 15) is 0 Å². The van der Waals surface area contributed by atoms with Crippen molar-refractivity contribution in [2.24, 2.45) is 5.73 Å². The second-order valence-corrected chi connectivity index (χ2v) is 4.52. The summed E-state index contributed by atoms with van der Waals surface area (Å²) in [5.74, 6) is 0.757. The number of benzene rings is 1. The number of hydrogen-bond donors (Lipinski definition) is 1. The average molecular weight is 258 g/mol. The van der Waals surface area contributed by atoms with Crippen molar-refractivity contribution in [2.75, 3.05) is 13.7 Å². The van der Waals surface area contributed by atoms with Gasteiger partial charge in [0.1, 0.15) is 11.9 Å². The van der Waals surface area contributed by atoms with Gasteiger partial charge in [-0.3, -0.25) is 0 Å². The molecule has 96 valence electrons. The van der Waals surface area contributed by atoms with Gasteiger partial charge < -0.3 is 15.2 Å². The molecule has 1 aromatic rings. The summed E-state index contributed by atoms with van der Waals surface area (Å²) in [6, 6.07) is 7.35. The van der Waals surface area contributed by atoms with Crippen LogP contribution in [0, 0.1) is 0 Å². The predicted molar refractivity (Wildman–Crippen MR) is 70.6 cm³/mol. The first-order chi connectivity index (χ1) is 8.13. The van der Waals surface area contributed by atoms with Gasteiger partial charge in [-0.2, -0.15) is 0 Å². The molecule has 0 aliphatic carbocycles. The Balaban J connectivity index is 2.39. The third kappa shape index (κ3) is 5.39. The lowest BCUT2D eigenvalue weighted by Gasteiger charge is -2.21. The Labute approximate surface area is 108 Å². The molecule has 4 heteroatoms. The first kappa shape index (κ1) is 14.3. The molecule has 0 amide bonds. The van der Waals surface area contributed by atoms with Gasteiger partial charge in [0, 0.05) is 24.8 Å². The predicted octanol–water partition coefficient (Wildman–Crippen LogP) is 2.86. The van der Waals surface area contributed by atoms with Gasteiger partial charge >= 0.3 is 0 Å². The number of ether oxygens (including phenoxy) is 2. The van der Waals surface area contributed by atoms with E-state index in [0.717, 1.165) is 25.2 Å². The molecule has 2 N–H and O–H groups in total. The van der Waals surface area contributed by atoms with Crippen molar-refractivity contribution in [1.29, 1.82) is 0 Å². The quantitative estimate of drug-likeness (QED) is 0.764. The largest absolute Gasteiger partial charge is 0.489 e. The zero-order valence-electron chi connectivity index (χ0n) is 10.4. The fourth-order valence-electron chi connectivity index (χ4n) is 1.54. The molecular formula is C13H20ClNO2. The van der Waals surface area contributed by atoms with E-state index in [1.165, 1.54) is 0 Å². The Kier molecular flexibility index (Phi) is 6.34. The van der Waals surface area contributed by atoms with E-state index in [2.05, 4.69) is 0 Å². The molecule has 0 fully saturated rings. The third-order valence-corrected chi connectivity index (χ3v) is 2.84. The fraction of sp³-hybridized carbons (Fsp3) is 0.538. The lowest BCUT2D eigenvalue weighted by molar-refractivity contribution is 0.161. The SMILES string of the molecule is COCCCC(N)C(C)Oc1cccc(Cl)c1. The van der Waals surface area contributed by atoms with Crippen molar-refractivity contribution < 1.29 is 9.47 Å². The van der Waals surface area contributed by atoms with Gasteiger partial charge in [-0.15, -0.1) is 0 Å². The lowest BCUT2D eigenvalue weighted by Crippen LogP contribution is -2.36. The van der Waals surface area contributed by atoms with Crippen molar-refractivity contribution in [2.45, 2.75) is 31.9 Å². The number of rotatable bonds is 7. The Hall–Kier alpha value is -0.770. The topological polar surface area (TPSA) is 44.5 Å². The van der Waals surface area contributed by atoms with E-state index in [1.807, 2.05) is 25.1 Å². The van der Waals surface area contributed by atoms with Crippen LogP contribution in [0.3, 0.4) is 0 Å². The first-order valence-electron chi connectivity index (χ1n) is 5.80. The average Bonchev–Trinajstić information content (AvgIpc) is 2.29. The van der Waals surface area contributed by atoms with Crippen LogP contribution >= 0.6 is 11.6 Å². The van der Waals surface area contributed by atoms with Crippen LogP contribution in [0.2, 0.25) is 5.02 Å². The molecule has 1 rings (SSSR count). The highest BCUT2D eigenvalue weighted by molar-refractivity contribution is 6.30. The molecule has 0 spiro atoms. The summed E-state index contributed by atoms with van der Waals surface area (Å²) >= 11 is 5.88. The summed E-state index contributed by atoms with van der Waals surface area (Å²) in [4.78, 5) is 0. The maximum atomic E-state index is 6.03. The maximum Gasteiger partial charge on any atom is 0.121 e. The molecule has 0 saturated heterocycles. The molecular weight excluding hydrogens is 238 g/mol. The van der Waals surface area contributed by atoms with Crippen molar-refractivity contribution >= 4 is 11.6 Å². The van der Waals surface area contributed by atoms with Crippen LogP contribution in [-0.2, 0) is 4.74 Å². The molecule has 0 saturated carbocycles. The molecule has 0 heterocycles. The molecule has 0 radical (unpaired) electrons. The van der Waals surface area contributed by atoms with Crippen LogP contribution in [0.15, 0.2) is 24.3 Å². The molecule has 2 unspecified atom stereocenters. The fourth-order valence-corrected chi connectivity index (χ4v) is 1.72. The monoisotopic (exact) mass is 257 g/mol. The highest BCUT2D eigenvalue weighted by Gasteiger charge is 2.14. The van der Waals surface area contributed by atoms with Crippen LogP contribution in [-0.4, -0.2) is 25.9 Å². The van der Waals surface area contributed by atoms with Gasteiger partial charge in [-0.1, -0.05) is 17.7 Å². The van der Waals surface area contributed by atoms with Crippen LogP contribution in [0.25, 0.3) is 0 Å². The highest BCUT2D eigenvalue weighted by Crippen LogP contribution is 2.19. The number of halogens is 1. The second kappa shape index (κ2) is 7.54. The first-order valence-corrected chi connectivity index (χ1v) is 6.18. The molecule has 0 aliphatic heterocycles. The van der Waals surface area contributed by atoms with Crippen molar-refractivity contribution in [1.82, 2.24) is 0 Å². The Bertz CT molecular complexity index is 333. The van der Waals surface area contributed by atoms with Crippen molar-refractivity contribution in [3.05, 3.63) is 29.3 Å². The minimum absolute atomic E-state index is 0.00383. The Morgan fingerprint density at radius 3 is 2.82 bits per heavy atom. The summed E-state index contributed by atoms with van der Waals surface area (Å²) in [7, 11) is 1.69.